The Morgan fingerprint density at radius 1 is 1.00 bits per heavy atom. The van der Waals surface area contributed by atoms with E-state index < -0.39 is 0 Å². The van der Waals surface area contributed by atoms with Gasteiger partial charge in [0, 0.05) is 17.0 Å². The fourth-order valence-corrected chi connectivity index (χ4v) is 1.05. The molecule has 0 bridgehead atoms. The van der Waals surface area contributed by atoms with E-state index >= 15 is 0 Å². The van der Waals surface area contributed by atoms with Gasteiger partial charge in [-0.15, -0.1) is 12.6 Å². The zero-order valence-corrected chi connectivity index (χ0v) is 9.23. The van der Waals surface area contributed by atoms with E-state index in [0.717, 1.165) is 9.38 Å². The molecule has 1 aromatic carbocycles. The molecule has 0 N–H and O–H groups in total. The second-order valence-electron chi connectivity index (χ2n) is 3.53. The number of rotatable bonds is 1. The van der Waals surface area contributed by atoms with Crippen LogP contribution in [0.15, 0.2) is 29.2 Å². The summed E-state index contributed by atoms with van der Waals surface area (Å²) in [6.45, 7) is 0. The average Bonchev–Trinajstić information content (AvgIpc) is 1.86. The molecule has 68 valence electrons. The average molecular weight is 204 g/mol. The Labute approximate surface area is 85.8 Å². The first-order valence-corrected chi connectivity index (χ1v) is 4.06. The third kappa shape index (κ3) is 3.05. The first-order chi connectivity index (χ1) is 5.00. The summed E-state index contributed by atoms with van der Waals surface area (Å²) in [6.07, 6.45) is 0. The summed E-state index contributed by atoms with van der Waals surface area (Å²) in [5.41, 5.74) is 1.29. The Bertz CT molecular complexity index is 238. The predicted octanol–water partition coefficient (Wildman–Crippen LogP) is -0.824. The lowest BCUT2D eigenvalue weighted by Gasteiger charge is -2.23. The standard InChI is InChI=1S/C9H13NS.ClH/c1-10(2,3)8-4-6-9(11)7-5-8;/h4-7H,1-3H3;1H. The summed E-state index contributed by atoms with van der Waals surface area (Å²) < 4.78 is 0.855. The Balaban J connectivity index is 0.00000121. The zero-order valence-electron chi connectivity index (χ0n) is 7.58. The minimum atomic E-state index is 0. The van der Waals surface area contributed by atoms with Crippen molar-refractivity contribution in [3.63, 3.8) is 0 Å². The maximum atomic E-state index is 4.22. The lowest BCUT2D eigenvalue weighted by Crippen LogP contribution is -3.00. The first-order valence-electron chi connectivity index (χ1n) is 3.61. The minimum Gasteiger partial charge on any atom is -1.00 e. The maximum absolute atomic E-state index is 4.22. The van der Waals surface area contributed by atoms with Gasteiger partial charge in [-0.3, -0.25) is 4.48 Å². The highest BCUT2D eigenvalue weighted by atomic mass is 35.5. The fraction of sp³-hybridized carbons (Fsp3) is 0.333. The van der Waals surface area contributed by atoms with Gasteiger partial charge in [-0.25, -0.2) is 0 Å². The summed E-state index contributed by atoms with van der Waals surface area (Å²) in [7, 11) is 6.44. The fourth-order valence-electron chi connectivity index (χ4n) is 0.900. The van der Waals surface area contributed by atoms with Crippen molar-refractivity contribution in [2.75, 3.05) is 21.1 Å². The predicted molar refractivity (Wildman–Crippen MR) is 53.3 cm³/mol. The quantitative estimate of drug-likeness (QED) is 0.448. The number of nitrogens with zero attached hydrogens (tertiary/aromatic N) is 1. The van der Waals surface area contributed by atoms with Crippen molar-refractivity contribution in [3.05, 3.63) is 24.3 Å². The first kappa shape index (κ1) is 11.8. The van der Waals surface area contributed by atoms with Crippen LogP contribution in [0.1, 0.15) is 0 Å². The van der Waals surface area contributed by atoms with E-state index in [4.69, 9.17) is 0 Å². The number of thiol groups is 1. The van der Waals surface area contributed by atoms with Gasteiger partial charge in [0.1, 0.15) is 5.69 Å². The van der Waals surface area contributed by atoms with Gasteiger partial charge >= 0.3 is 0 Å². The smallest absolute Gasteiger partial charge is 0.132 e. The van der Waals surface area contributed by atoms with E-state index in [-0.39, 0.29) is 12.4 Å². The molecule has 0 amide bonds. The molecule has 0 unspecified atom stereocenters. The maximum Gasteiger partial charge on any atom is 0.132 e. The third-order valence-electron chi connectivity index (χ3n) is 1.62. The van der Waals surface area contributed by atoms with E-state index in [1.807, 2.05) is 12.1 Å². The van der Waals surface area contributed by atoms with Crippen LogP contribution in [0.5, 0.6) is 0 Å². The van der Waals surface area contributed by atoms with Gasteiger partial charge < -0.3 is 12.4 Å². The molecule has 0 heterocycles. The monoisotopic (exact) mass is 203 g/mol. The Morgan fingerprint density at radius 3 is 1.75 bits per heavy atom. The number of hydrogen-bond acceptors (Lipinski definition) is 1. The van der Waals surface area contributed by atoms with Crippen LogP contribution in [0, 0.1) is 0 Å². The largest absolute Gasteiger partial charge is 1.00 e. The third-order valence-corrected chi connectivity index (χ3v) is 1.92. The SMILES string of the molecule is C[N+](C)(C)c1ccc(S)cc1.[Cl-]. The van der Waals surface area contributed by atoms with Crippen LogP contribution in [-0.2, 0) is 0 Å². The number of benzene rings is 1. The Kier molecular flexibility index (Phi) is 4.11. The molecule has 0 spiro atoms. The molecular formula is C9H14ClNS. The zero-order chi connectivity index (χ0) is 8.48. The summed E-state index contributed by atoms with van der Waals surface area (Å²) in [4.78, 5) is 1.02. The summed E-state index contributed by atoms with van der Waals surface area (Å²) in [5, 5.41) is 0. The minimum absolute atomic E-state index is 0. The molecule has 0 saturated heterocycles. The highest BCUT2D eigenvalue weighted by Gasteiger charge is 2.09. The van der Waals surface area contributed by atoms with Crippen molar-refractivity contribution in [2.45, 2.75) is 4.90 Å². The summed E-state index contributed by atoms with van der Waals surface area (Å²) in [6, 6.07) is 8.23. The van der Waals surface area contributed by atoms with E-state index in [2.05, 4.69) is 45.9 Å². The molecule has 0 aliphatic carbocycles. The van der Waals surface area contributed by atoms with Crippen molar-refractivity contribution in [3.8, 4) is 0 Å². The number of hydrogen-bond donors (Lipinski definition) is 1. The van der Waals surface area contributed by atoms with Crippen molar-refractivity contribution in [1.29, 1.82) is 0 Å². The Hall–Kier alpha value is -0.180. The van der Waals surface area contributed by atoms with Gasteiger partial charge in [0.25, 0.3) is 0 Å². The number of quaternary nitrogens is 1. The van der Waals surface area contributed by atoms with Crippen LogP contribution >= 0.6 is 12.6 Å². The lowest BCUT2D eigenvalue weighted by molar-refractivity contribution is -0.00000246. The van der Waals surface area contributed by atoms with E-state index in [1.54, 1.807) is 0 Å². The topological polar surface area (TPSA) is 0 Å². The highest BCUT2D eigenvalue weighted by Crippen LogP contribution is 2.18. The summed E-state index contributed by atoms with van der Waals surface area (Å²) in [5.74, 6) is 0. The second-order valence-corrected chi connectivity index (χ2v) is 4.05. The molecule has 0 fully saturated rings. The van der Waals surface area contributed by atoms with Crippen LogP contribution in [0.2, 0.25) is 0 Å². The van der Waals surface area contributed by atoms with Gasteiger partial charge in [0.15, 0.2) is 0 Å². The van der Waals surface area contributed by atoms with Gasteiger partial charge in [-0.1, -0.05) is 0 Å². The molecule has 3 heteroatoms. The Morgan fingerprint density at radius 2 is 1.42 bits per heavy atom. The molecule has 1 rings (SSSR count). The normalized spacial score (nSPS) is 10.7. The molecule has 0 aliphatic rings. The van der Waals surface area contributed by atoms with E-state index in [1.165, 1.54) is 5.69 Å². The van der Waals surface area contributed by atoms with Crippen LogP contribution in [0.25, 0.3) is 0 Å². The van der Waals surface area contributed by atoms with Crippen LogP contribution in [-0.4, -0.2) is 21.1 Å². The van der Waals surface area contributed by atoms with Gasteiger partial charge in [-0.2, -0.15) is 0 Å². The molecule has 1 aromatic rings. The van der Waals surface area contributed by atoms with Crippen LogP contribution < -0.4 is 16.9 Å². The van der Waals surface area contributed by atoms with Gasteiger partial charge in [0.05, 0.1) is 21.1 Å². The van der Waals surface area contributed by atoms with Crippen LogP contribution in [0.4, 0.5) is 5.69 Å². The van der Waals surface area contributed by atoms with Crippen molar-refractivity contribution < 1.29 is 12.4 Å². The molecular weight excluding hydrogens is 190 g/mol. The van der Waals surface area contributed by atoms with Crippen molar-refractivity contribution >= 4 is 18.3 Å². The molecule has 0 aliphatic heterocycles. The molecule has 0 aromatic heterocycles. The molecule has 0 atom stereocenters. The van der Waals surface area contributed by atoms with Crippen LogP contribution in [0.3, 0.4) is 0 Å². The highest BCUT2D eigenvalue weighted by molar-refractivity contribution is 7.80. The summed E-state index contributed by atoms with van der Waals surface area (Å²) >= 11 is 4.22. The van der Waals surface area contributed by atoms with Gasteiger partial charge in [-0.05, 0) is 12.1 Å². The van der Waals surface area contributed by atoms with E-state index in [0.29, 0.717) is 0 Å². The molecule has 12 heavy (non-hydrogen) atoms. The second kappa shape index (κ2) is 4.17. The van der Waals surface area contributed by atoms with Crippen molar-refractivity contribution in [1.82, 2.24) is 4.48 Å². The number of halogens is 1. The molecule has 1 nitrogen and oxygen atoms in total. The van der Waals surface area contributed by atoms with E-state index in [9.17, 15) is 0 Å². The molecule has 0 radical (unpaired) electrons. The lowest BCUT2D eigenvalue weighted by atomic mass is 10.3. The molecule has 0 saturated carbocycles. The van der Waals surface area contributed by atoms with Crippen molar-refractivity contribution in [2.24, 2.45) is 0 Å². The van der Waals surface area contributed by atoms with Gasteiger partial charge in [0.2, 0.25) is 0 Å².